The van der Waals surface area contributed by atoms with Crippen LogP contribution in [-0.4, -0.2) is 23.9 Å². The summed E-state index contributed by atoms with van der Waals surface area (Å²) in [6, 6.07) is 14.4. The quantitative estimate of drug-likeness (QED) is 0.713. The van der Waals surface area contributed by atoms with Crippen molar-refractivity contribution in [2.75, 3.05) is 0 Å². The molecule has 0 aliphatic heterocycles. The molecule has 1 heterocycles. The Bertz CT molecular complexity index is 1130. The minimum Gasteiger partial charge on any atom is -0.333 e. The topological polar surface area (TPSA) is 81.1 Å². The van der Waals surface area contributed by atoms with Crippen LogP contribution in [-0.2, 0) is 17.1 Å². The molecule has 0 aliphatic carbocycles. The van der Waals surface area contributed by atoms with Gasteiger partial charge in [-0.3, -0.25) is 4.79 Å². The number of imidazole rings is 1. The van der Waals surface area contributed by atoms with Gasteiger partial charge in [0, 0.05) is 18.8 Å². The molecule has 0 atom stereocenters. The smallest absolute Gasteiger partial charge is 0.285 e. The number of hydrogen-bond acceptors (Lipinski definition) is 4. The highest BCUT2D eigenvalue weighted by Gasteiger charge is 2.23. The van der Waals surface area contributed by atoms with Crippen molar-refractivity contribution in [3.8, 4) is 11.4 Å². The van der Waals surface area contributed by atoms with Crippen molar-refractivity contribution in [1.82, 2.24) is 14.3 Å². The molecule has 6 nitrogen and oxygen atoms in total. The van der Waals surface area contributed by atoms with Gasteiger partial charge in [0.15, 0.2) is 0 Å². The van der Waals surface area contributed by atoms with E-state index in [1.165, 1.54) is 12.3 Å². The molecule has 1 amide bonds. The van der Waals surface area contributed by atoms with Crippen molar-refractivity contribution < 1.29 is 13.2 Å². The van der Waals surface area contributed by atoms with E-state index in [1.807, 2.05) is 24.3 Å². The molecule has 1 N–H and O–H groups in total. The van der Waals surface area contributed by atoms with Gasteiger partial charge in [0.2, 0.25) is 0 Å². The zero-order chi connectivity index (χ0) is 20.5. The third-order valence-corrected chi connectivity index (χ3v) is 6.03. The molecule has 0 bridgehead atoms. The van der Waals surface area contributed by atoms with Gasteiger partial charge < -0.3 is 4.57 Å². The Balaban J connectivity index is 1.94. The molecule has 0 saturated heterocycles. The highest BCUT2D eigenvalue weighted by Crippen LogP contribution is 2.28. The summed E-state index contributed by atoms with van der Waals surface area (Å²) in [4.78, 5) is 17.1. The van der Waals surface area contributed by atoms with Crippen LogP contribution in [0, 0.1) is 6.92 Å². The van der Waals surface area contributed by atoms with E-state index in [0.717, 1.165) is 11.1 Å². The summed E-state index contributed by atoms with van der Waals surface area (Å²) in [5.74, 6) is 0.140. The van der Waals surface area contributed by atoms with Crippen molar-refractivity contribution >= 4 is 15.9 Å². The standard InChI is InChI=1S/C21H23N3O3S/c1-14(2)16-10-6-7-11-17(16)20-22-18(13-24(20)4)21(25)23-28(26,27)19-12-8-5-9-15(19)3/h5-14H,1-4H3,(H,23,25). The summed E-state index contributed by atoms with van der Waals surface area (Å²) in [5.41, 5.74) is 2.64. The van der Waals surface area contributed by atoms with Crippen molar-refractivity contribution in [3.05, 3.63) is 71.5 Å². The normalized spacial score (nSPS) is 11.6. The lowest BCUT2D eigenvalue weighted by Crippen LogP contribution is -2.31. The Kier molecular flexibility index (Phi) is 5.38. The number of aromatic nitrogens is 2. The number of amides is 1. The first kappa shape index (κ1) is 19.8. The van der Waals surface area contributed by atoms with Crippen LogP contribution in [0.15, 0.2) is 59.6 Å². The first-order chi connectivity index (χ1) is 13.2. The van der Waals surface area contributed by atoms with Gasteiger partial charge in [-0.05, 0) is 30.0 Å². The molecule has 0 unspecified atom stereocenters. The van der Waals surface area contributed by atoms with Crippen molar-refractivity contribution in [3.63, 3.8) is 0 Å². The number of sulfonamides is 1. The molecule has 0 fully saturated rings. The number of carbonyl (C=O) groups excluding carboxylic acids is 1. The van der Waals surface area contributed by atoms with Gasteiger partial charge in [-0.25, -0.2) is 18.1 Å². The second kappa shape index (κ2) is 7.59. The maximum absolute atomic E-state index is 12.6. The van der Waals surface area contributed by atoms with Gasteiger partial charge in [0.1, 0.15) is 11.5 Å². The largest absolute Gasteiger partial charge is 0.333 e. The summed E-state index contributed by atoms with van der Waals surface area (Å²) in [6.07, 6.45) is 1.54. The predicted octanol–water partition coefficient (Wildman–Crippen LogP) is 3.64. The molecule has 3 rings (SSSR count). The van der Waals surface area contributed by atoms with E-state index in [-0.39, 0.29) is 16.5 Å². The molecule has 28 heavy (non-hydrogen) atoms. The summed E-state index contributed by atoms with van der Waals surface area (Å²) in [5, 5.41) is 0. The number of nitrogens with one attached hydrogen (secondary N) is 1. The Hall–Kier alpha value is -2.93. The SMILES string of the molecule is Cc1ccccc1S(=O)(=O)NC(=O)c1cn(C)c(-c2ccccc2C(C)C)n1. The third-order valence-electron chi connectivity index (χ3n) is 4.54. The summed E-state index contributed by atoms with van der Waals surface area (Å²) >= 11 is 0. The first-order valence-corrected chi connectivity index (χ1v) is 10.4. The number of benzene rings is 2. The molecule has 2 aromatic carbocycles. The fourth-order valence-electron chi connectivity index (χ4n) is 3.12. The number of rotatable bonds is 5. The zero-order valence-corrected chi connectivity index (χ0v) is 17.1. The van der Waals surface area contributed by atoms with E-state index in [0.29, 0.717) is 11.4 Å². The highest BCUT2D eigenvalue weighted by molar-refractivity contribution is 7.90. The van der Waals surface area contributed by atoms with Crippen LogP contribution in [0.3, 0.4) is 0 Å². The average molecular weight is 398 g/mol. The fraction of sp³-hybridized carbons (Fsp3) is 0.238. The Morgan fingerprint density at radius 1 is 1.07 bits per heavy atom. The van der Waals surface area contributed by atoms with Gasteiger partial charge in [-0.2, -0.15) is 0 Å². The molecular weight excluding hydrogens is 374 g/mol. The van der Waals surface area contributed by atoms with Crippen LogP contribution in [0.25, 0.3) is 11.4 Å². The summed E-state index contributed by atoms with van der Waals surface area (Å²) in [6.45, 7) is 5.86. The second-order valence-corrected chi connectivity index (χ2v) is 8.65. The molecule has 1 aromatic heterocycles. The fourth-order valence-corrected chi connectivity index (χ4v) is 4.33. The average Bonchev–Trinajstić information content (AvgIpc) is 3.03. The zero-order valence-electron chi connectivity index (χ0n) is 16.3. The molecule has 0 radical (unpaired) electrons. The minimum atomic E-state index is -3.98. The van der Waals surface area contributed by atoms with Gasteiger partial charge >= 0.3 is 0 Å². The minimum absolute atomic E-state index is 0.0493. The summed E-state index contributed by atoms with van der Waals surface area (Å²) < 4.78 is 29.0. The highest BCUT2D eigenvalue weighted by atomic mass is 32.2. The number of aryl methyl sites for hydroxylation is 2. The molecule has 0 spiro atoms. The van der Waals surface area contributed by atoms with Crippen molar-refractivity contribution in [1.29, 1.82) is 0 Å². The lowest BCUT2D eigenvalue weighted by Gasteiger charge is -2.12. The molecule has 3 aromatic rings. The van der Waals surface area contributed by atoms with E-state index < -0.39 is 15.9 Å². The number of nitrogens with zero attached hydrogens (tertiary/aromatic N) is 2. The lowest BCUT2D eigenvalue weighted by molar-refractivity contribution is 0.0977. The van der Waals surface area contributed by atoms with Crippen LogP contribution in [0.4, 0.5) is 0 Å². The Morgan fingerprint density at radius 2 is 1.71 bits per heavy atom. The van der Waals surface area contributed by atoms with E-state index in [9.17, 15) is 13.2 Å². The van der Waals surface area contributed by atoms with Gasteiger partial charge in [0.05, 0.1) is 4.90 Å². The van der Waals surface area contributed by atoms with Crippen LogP contribution in [0.2, 0.25) is 0 Å². The predicted molar refractivity (Wildman–Crippen MR) is 109 cm³/mol. The first-order valence-electron chi connectivity index (χ1n) is 8.96. The third kappa shape index (κ3) is 3.84. The number of hydrogen-bond donors (Lipinski definition) is 1. The molecular formula is C21H23N3O3S. The van der Waals surface area contributed by atoms with E-state index in [2.05, 4.69) is 23.6 Å². The Labute approximate surface area is 165 Å². The lowest BCUT2D eigenvalue weighted by atomic mass is 9.97. The van der Waals surface area contributed by atoms with Gasteiger partial charge in [-0.1, -0.05) is 56.3 Å². The van der Waals surface area contributed by atoms with Gasteiger partial charge in [0.25, 0.3) is 15.9 Å². The van der Waals surface area contributed by atoms with Gasteiger partial charge in [-0.15, -0.1) is 0 Å². The molecule has 7 heteroatoms. The molecule has 0 aliphatic rings. The van der Waals surface area contributed by atoms with Crippen molar-refractivity contribution in [2.45, 2.75) is 31.6 Å². The summed E-state index contributed by atoms with van der Waals surface area (Å²) in [7, 11) is -2.19. The van der Waals surface area contributed by atoms with Crippen LogP contribution < -0.4 is 4.72 Å². The second-order valence-electron chi connectivity index (χ2n) is 7.00. The van der Waals surface area contributed by atoms with Crippen LogP contribution in [0.5, 0.6) is 0 Å². The number of carbonyl (C=O) groups is 1. The van der Waals surface area contributed by atoms with Crippen LogP contribution >= 0.6 is 0 Å². The van der Waals surface area contributed by atoms with E-state index in [1.54, 1.807) is 36.7 Å². The van der Waals surface area contributed by atoms with E-state index >= 15 is 0 Å². The monoisotopic (exact) mass is 397 g/mol. The Morgan fingerprint density at radius 3 is 2.39 bits per heavy atom. The maximum atomic E-state index is 12.6. The van der Waals surface area contributed by atoms with Crippen molar-refractivity contribution in [2.24, 2.45) is 7.05 Å². The molecule has 146 valence electrons. The maximum Gasteiger partial charge on any atom is 0.285 e. The van der Waals surface area contributed by atoms with E-state index in [4.69, 9.17) is 0 Å². The van der Waals surface area contributed by atoms with Crippen LogP contribution in [0.1, 0.15) is 41.4 Å². The molecule has 0 saturated carbocycles.